The van der Waals surface area contributed by atoms with E-state index in [0.717, 1.165) is 33.5 Å². The first-order chi connectivity index (χ1) is 26.6. The van der Waals surface area contributed by atoms with Gasteiger partial charge in [-0.3, -0.25) is 0 Å². The van der Waals surface area contributed by atoms with Gasteiger partial charge in [-0.1, -0.05) is 213 Å². The summed E-state index contributed by atoms with van der Waals surface area (Å²) in [6.07, 6.45) is 0. The molecule has 0 spiro atoms. The fraction of sp³-hybridized carbons (Fsp3) is 0.0377. The molecule has 0 aliphatic heterocycles. The normalized spacial score (nSPS) is 13.5. The zero-order valence-electron chi connectivity index (χ0n) is 30.3. The fourth-order valence-corrected chi connectivity index (χ4v) is 8.41. The molecule has 8 aromatic carbocycles. The van der Waals surface area contributed by atoms with Crippen molar-refractivity contribution < 1.29 is 0 Å². The molecule has 0 heterocycles. The van der Waals surface area contributed by atoms with Gasteiger partial charge in [0.1, 0.15) is 0 Å². The van der Waals surface area contributed by atoms with Crippen molar-refractivity contribution in [1.29, 1.82) is 0 Å². The Labute approximate surface area is 318 Å². The van der Waals surface area contributed by atoms with Gasteiger partial charge in [0.15, 0.2) is 0 Å². The van der Waals surface area contributed by atoms with Gasteiger partial charge in [-0.2, -0.15) is 0 Å². The predicted molar refractivity (Wildman–Crippen MR) is 229 cm³/mol. The fourth-order valence-electron chi connectivity index (χ4n) is 8.41. The van der Waals surface area contributed by atoms with Crippen LogP contribution in [0.3, 0.4) is 0 Å². The maximum atomic E-state index is 5.64. The van der Waals surface area contributed by atoms with Gasteiger partial charge < -0.3 is 0 Å². The first-order valence-electron chi connectivity index (χ1n) is 18.6. The Balaban J connectivity index is 1.22. The minimum Gasteiger partial charge on any atom is -0.248 e. The first-order valence-corrected chi connectivity index (χ1v) is 18.6. The average molecular weight is 690 g/mol. The number of aliphatic imine (C=N–C) groups is 1. The molecule has 8 aromatic rings. The SMILES string of the molecule is C=C(N=C(C1=C(C)c2ccccc2C1(c1ccccc1)c1ccccc1)c1cccc2ccccc12)c1ccc(-c2ccc(-c3ccccc3)cc2)cc1. The minimum atomic E-state index is -0.616. The van der Waals surface area contributed by atoms with Crippen LogP contribution >= 0.6 is 0 Å². The second kappa shape index (κ2) is 14.0. The lowest BCUT2D eigenvalue weighted by Gasteiger charge is -2.36. The monoisotopic (exact) mass is 689 g/mol. The highest BCUT2D eigenvalue weighted by molar-refractivity contribution is 6.26. The summed E-state index contributed by atoms with van der Waals surface area (Å²) in [6, 6.07) is 73.9. The summed E-state index contributed by atoms with van der Waals surface area (Å²) in [5.41, 5.74) is 15.2. The van der Waals surface area contributed by atoms with E-state index in [1.807, 2.05) is 0 Å². The molecule has 9 rings (SSSR count). The van der Waals surface area contributed by atoms with Crippen molar-refractivity contribution in [2.75, 3.05) is 0 Å². The molecule has 0 radical (unpaired) electrons. The lowest BCUT2D eigenvalue weighted by molar-refractivity contribution is 0.770. The molecule has 54 heavy (non-hydrogen) atoms. The maximum absolute atomic E-state index is 5.64. The number of hydrogen-bond donors (Lipinski definition) is 0. The number of allylic oxidation sites excluding steroid dienone is 2. The van der Waals surface area contributed by atoms with Gasteiger partial charge in [-0.25, -0.2) is 4.99 Å². The van der Waals surface area contributed by atoms with E-state index in [0.29, 0.717) is 0 Å². The van der Waals surface area contributed by atoms with E-state index in [1.54, 1.807) is 0 Å². The van der Waals surface area contributed by atoms with Crippen molar-refractivity contribution in [2.45, 2.75) is 12.3 Å². The van der Waals surface area contributed by atoms with Crippen LogP contribution in [-0.4, -0.2) is 5.71 Å². The molecular formula is C53H39N. The Bertz CT molecular complexity index is 2640. The van der Waals surface area contributed by atoms with E-state index in [-0.39, 0.29) is 0 Å². The maximum Gasteiger partial charge on any atom is 0.0766 e. The topological polar surface area (TPSA) is 12.4 Å². The molecule has 0 aromatic heterocycles. The van der Waals surface area contributed by atoms with Crippen LogP contribution in [0.15, 0.2) is 223 Å². The molecule has 0 saturated heterocycles. The molecule has 0 fully saturated rings. The largest absolute Gasteiger partial charge is 0.248 e. The second-order valence-corrected chi connectivity index (χ2v) is 14.0. The Kier molecular flexibility index (Phi) is 8.54. The first kappa shape index (κ1) is 33.0. The van der Waals surface area contributed by atoms with Crippen LogP contribution in [0.2, 0.25) is 0 Å². The van der Waals surface area contributed by atoms with Crippen LogP contribution in [0.5, 0.6) is 0 Å². The number of benzene rings is 8. The highest BCUT2D eigenvalue weighted by Gasteiger charge is 2.48. The van der Waals surface area contributed by atoms with Crippen LogP contribution in [0.1, 0.15) is 40.3 Å². The van der Waals surface area contributed by atoms with Gasteiger partial charge >= 0.3 is 0 Å². The van der Waals surface area contributed by atoms with Crippen molar-refractivity contribution in [1.82, 2.24) is 0 Å². The van der Waals surface area contributed by atoms with Gasteiger partial charge in [0.2, 0.25) is 0 Å². The summed E-state index contributed by atoms with van der Waals surface area (Å²) in [5.74, 6) is 0. The smallest absolute Gasteiger partial charge is 0.0766 e. The lowest BCUT2D eigenvalue weighted by atomic mass is 9.65. The van der Waals surface area contributed by atoms with Crippen molar-refractivity contribution in [2.24, 2.45) is 4.99 Å². The minimum absolute atomic E-state index is 0.616. The van der Waals surface area contributed by atoms with E-state index in [9.17, 15) is 0 Å². The molecule has 0 amide bonds. The number of fused-ring (bicyclic) bond motifs is 2. The molecule has 0 unspecified atom stereocenters. The summed E-state index contributed by atoms with van der Waals surface area (Å²) in [4.78, 5) is 5.64. The molecule has 1 heteroatoms. The summed E-state index contributed by atoms with van der Waals surface area (Å²) >= 11 is 0. The molecule has 0 bridgehead atoms. The van der Waals surface area contributed by atoms with Gasteiger partial charge in [-0.05, 0) is 73.3 Å². The van der Waals surface area contributed by atoms with Gasteiger partial charge in [0.25, 0.3) is 0 Å². The van der Waals surface area contributed by atoms with Crippen LogP contribution in [0.4, 0.5) is 0 Å². The summed E-state index contributed by atoms with van der Waals surface area (Å²) < 4.78 is 0. The third-order valence-electron chi connectivity index (χ3n) is 11.0. The molecule has 0 saturated carbocycles. The number of nitrogens with zero attached hydrogens (tertiary/aromatic N) is 1. The Morgan fingerprint density at radius 1 is 0.463 bits per heavy atom. The van der Waals surface area contributed by atoms with E-state index in [4.69, 9.17) is 4.99 Å². The predicted octanol–water partition coefficient (Wildman–Crippen LogP) is 13.5. The molecule has 0 atom stereocenters. The Morgan fingerprint density at radius 2 is 0.944 bits per heavy atom. The van der Waals surface area contributed by atoms with Crippen LogP contribution in [0, 0.1) is 0 Å². The zero-order valence-corrected chi connectivity index (χ0v) is 30.3. The van der Waals surface area contributed by atoms with E-state index < -0.39 is 5.41 Å². The summed E-state index contributed by atoms with van der Waals surface area (Å²) in [5, 5.41) is 2.34. The van der Waals surface area contributed by atoms with Gasteiger partial charge in [-0.15, -0.1) is 0 Å². The molecule has 1 aliphatic carbocycles. The van der Waals surface area contributed by atoms with Crippen LogP contribution in [0.25, 0.3) is 44.3 Å². The van der Waals surface area contributed by atoms with E-state index in [2.05, 4.69) is 220 Å². The van der Waals surface area contributed by atoms with Crippen molar-refractivity contribution in [3.8, 4) is 22.3 Å². The van der Waals surface area contributed by atoms with Crippen molar-refractivity contribution in [3.05, 3.63) is 252 Å². The zero-order chi connectivity index (χ0) is 36.5. The van der Waals surface area contributed by atoms with Crippen LogP contribution in [-0.2, 0) is 5.41 Å². The summed E-state index contributed by atoms with van der Waals surface area (Å²) in [7, 11) is 0. The van der Waals surface area contributed by atoms with Gasteiger partial charge in [0, 0.05) is 11.1 Å². The van der Waals surface area contributed by atoms with E-state index in [1.165, 1.54) is 55.5 Å². The molecule has 256 valence electrons. The molecular weight excluding hydrogens is 651 g/mol. The van der Waals surface area contributed by atoms with Crippen molar-refractivity contribution in [3.63, 3.8) is 0 Å². The number of rotatable bonds is 8. The standard InChI is InChI=1S/C53H39N/c1-37-47-25-14-15-28-50(47)53(45-21-8-4-9-22-45,46-23-10-5-11-24-46)51(37)52(49-27-16-20-44-19-12-13-26-48(44)49)54-38(2)39-29-31-42(32-30-39)43-35-33-41(34-36-43)40-17-6-3-7-18-40/h3-36H,2H2,1H3. The number of hydrogen-bond acceptors (Lipinski definition) is 1. The molecule has 1 nitrogen and oxygen atoms in total. The second-order valence-electron chi connectivity index (χ2n) is 14.0. The average Bonchev–Trinajstić information content (AvgIpc) is 3.52. The Hall–Kier alpha value is -6.83. The quantitative estimate of drug-likeness (QED) is 0.141. The molecule has 1 aliphatic rings. The van der Waals surface area contributed by atoms with Crippen molar-refractivity contribution >= 4 is 27.8 Å². The van der Waals surface area contributed by atoms with Crippen LogP contribution < -0.4 is 0 Å². The Morgan fingerprint density at radius 3 is 1.57 bits per heavy atom. The third kappa shape index (κ3) is 5.62. The third-order valence-corrected chi connectivity index (χ3v) is 11.0. The summed E-state index contributed by atoms with van der Waals surface area (Å²) in [6.45, 7) is 6.91. The molecule has 0 N–H and O–H groups in total. The highest BCUT2D eigenvalue weighted by atomic mass is 14.8. The highest BCUT2D eigenvalue weighted by Crippen LogP contribution is 2.55. The van der Waals surface area contributed by atoms with E-state index >= 15 is 0 Å². The lowest BCUT2D eigenvalue weighted by Crippen LogP contribution is -2.34. The van der Waals surface area contributed by atoms with Gasteiger partial charge in [0.05, 0.1) is 16.8 Å².